The van der Waals surface area contributed by atoms with Crippen molar-refractivity contribution in [3.05, 3.63) is 17.6 Å². The normalized spacial score (nSPS) is 19.9. The first kappa shape index (κ1) is 16.7. The fourth-order valence-corrected chi connectivity index (χ4v) is 4.22. The monoisotopic (exact) mass is 326 g/mol. The summed E-state index contributed by atoms with van der Waals surface area (Å²) in [5, 5.41) is 2.78. The Morgan fingerprint density at radius 3 is 2.77 bits per heavy atom. The third-order valence-corrected chi connectivity index (χ3v) is 5.46. The summed E-state index contributed by atoms with van der Waals surface area (Å²) in [5.74, 6) is 1.17. The highest BCUT2D eigenvalue weighted by atomic mass is 32.2. The molecule has 1 N–H and O–H groups in total. The Kier molecular flexibility index (Phi) is 5.00. The molecule has 0 saturated carbocycles. The van der Waals surface area contributed by atoms with Crippen molar-refractivity contribution in [3.63, 3.8) is 0 Å². The van der Waals surface area contributed by atoms with Crippen molar-refractivity contribution >= 4 is 21.6 Å². The van der Waals surface area contributed by atoms with E-state index in [1.807, 2.05) is 11.8 Å². The minimum absolute atomic E-state index is 0.106. The predicted molar refractivity (Wildman–Crippen MR) is 84.9 cm³/mol. The molecule has 22 heavy (non-hydrogen) atoms. The molecule has 0 aromatic carbocycles. The largest absolute Gasteiger partial charge is 0.356 e. The summed E-state index contributed by atoms with van der Waals surface area (Å²) in [5.41, 5.74) is 0.309. The fourth-order valence-electron chi connectivity index (χ4n) is 2.45. The van der Waals surface area contributed by atoms with Crippen LogP contribution < -0.4 is 10.2 Å². The van der Waals surface area contributed by atoms with Crippen LogP contribution >= 0.6 is 0 Å². The van der Waals surface area contributed by atoms with E-state index in [0.29, 0.717) is 30.3 Å². The molecular formula is C14H22N4O3S. The van der Waals surface area contributed by atoms with Crippen LogP contribution in [0.2, 0.25) is 0 Å². The first-order valence-corrected chi connectivity index (χ1v) is 9.21. The zero-order chi connectivity index (χ0) is 16.3. The van der Waals surface area contributed by atoms with E-state index in [9.17, 15) is 13.2 Å². The number of hydrogen-bond acceptors (Lipinski definition) is 6. The van der Waals surface area contributed by atoms with E-state index in [4.69, 9.17) is 0 Å². The second-order valence-corrected chi connectivity index (χ2v) is 7.81. The third kappa shape index (κ3) is 3.94. The number of anilines is 1. The number of sulfone groups is 1. The van der Waals surface area contributed by atoms with Gasteiger partial charge in [-0.1, -0.05) is 6.92 Å². The van der Waals surface area contributed by atoms with Crippen molar-refractivity contribution < 1.29 is 13.2 Å². The van der Waals surface area contributed by atoms with Crippen LogP contribution in [0.4, 0.5) is 5.82 Å². The maximum Gasteiger partial charge on any atom is 0.270 e. The van der Waals surface area contributed by atoms with Gasteiger partial charge in [0, 0.05) is 25.7 Å². The van der Waals surface area contributed by atoms with Crippen LogP contribution in [-0.2, 0) is 9.84 Å². The van der Waals surface area contributed by atoms with Gasteiger partial charge in [-0.15, -0.1) is 0 Å². The average molecular weight is 326 g/mol. The lowest BCUT2D eigenvalue weighted by Crippen LogP contribution is -2.34. The minimum Gasteiger partial charge on any atom is -0.356 e. The van der Waals surface area contributed by atoms with Crippen molar-refractivity contribution in [3.8, 4) is 0 Å². The van der Waals surface area contributed by atoms with Gasteiger partial charge in [0.1, 0.15) is 17.3 Å². The van der Waals surface area contributed by atoms with Gasteiger partial charge in [0.05, 0.1) is 11.5 Å². The molecule has 7 nitrogen and oxygen atoms in total. The van der Waals surface area contributed by atoms with E-state index in [1.165, 1.54) is 0 Å². The summed E-state index contributed by atoms with van der Waals surface area (Å²) in [6.07, 6.45) is 1.43. The second-order valence-electron chi connectivity index (χ2n) is 5.58. The predicted octanol–water partition coefficient (Wildman–Crippen LogP) is 0.548. The van der Waals surface area contributed by atoms with Crippen molar-refractivity contribution in [1.29, 1.82) is 0 Å². The highest BCUT2D eigenvalue weighted by Crippen LogP contribution is 2.22. The van der Waals surface area contributed by atoms with Crippen molar-refractivity contribution in [2.24, 2.45) is 0 Å². The summed E-state index contributed by atoms with van der Waals surface area (Å²) in [6, 6.07) is 1.51. The van der Waals surface area contributed by atoms with Gasteiger partial charge < -0.3 is 10.2 Å². The highest BCUT2D eigenvalue weighted by molar-refractivity contribution is 7.91. The van der Waals surface area contributed by atoms with E-state index >= 15 is 0 Å². The van der Waals surface area contributed by atoms with Gasteiger partial charge in [-0.25, -0.2) is 18.4 Å². The lowest BCUT2D eigenvalue weighted by molar-refractivity contribution is 0.0948. The van der Waals surface area contributed by atoms with E-state index in [-0.39, 0.29) is 23.5 Å². The molecule has 0 bridgehead atoms. The van der Waals surface area contributed by atoms with Gasteiger partial charge >= 0.3 is 0 Å². The van der Waals surface area contributed by atoms with Crippen LogP contribution in [0.1, 0.15) is 36.1 Å². The van der Waals surface area contributed by atoms with Gasteiger partial charge in [0.2, 0.25) is 0 Å². The topological polar surface area (TPSA) is 92.3 Å². The van der Waals surface area contributed by atoms with Crippen LogP contribution in [0.15, 0.2) is 6.07 Å². The van der Waals surface area contributed by atoms with Gasteiger partial charge in [-0.3, -0.25) is 4.79 Å². The molecule has 1 saturated heterocycles. The number of aromatic nitrogens is 2. The Bertz CT molecular complexity index is 660. The highest BCUT2D eigenvalue weighted by Gasteiger charge is 2.31. The Labute approximate surface area is 131 Å². The summed E-state index contributed by atoms with van der Waals surface area (Å²) in [4.78, 5) is 22.4. The molecule has 0 radical (unpaired) electrons. The number of hydrogen-bond donors (Lipinski definition) is 1. The van der Waals surface area contributed by atoms with E-state index < -0.39 is 9.84 Å². The molecule has 122 valence electrons. The fraction of sp³-hybridized carbons (Fsp3) is 0.643. The van der Waals surface area contributed by atoms with Crippen molar-refractivity contribution in [1.82, 2.24) is 15.3 Å². The molecule has 1 unspecified atom stereocenters. The van der Waals surface area contributed by atoms with Gasteiger partial charge in [-0.05, 0) is 19.8 Å². The van der Waals surface area contributed by atoms with Gasteiger partial charge in [-0.2, -0.15) is 0 Å². The third-order valence-electron chi connectivity index (χ3n) is 3.71. The quantitative estimate of drug-likeness (QED) is 0.849. The van der Waals surface area contributed by atoms with Crippen molar-refractivity contribution in [2.75, 3.05) is 30.0 Å². The molecule has 1 aliphatic heterocycles. The zero-order valence-corrected chi connectivity index (χ0v) is 14.0. The Hall–Kier alpha value is -1.70. The standard InChI is InChI=1S/C14H22N4O3S/c1-4-6-15-14(19)12-8-13(17-10(2)16-12)18(3)11-5-7-22(20,21)9-11/h8,11H,4-7,9H2,1-3H3,(H,15,19). The smallest absolute Gasteiger partial charge is 0.270 e. The van der Waals surface area contributed by atoms with E-state index in [2.05, 4.69) is 15.3 Å². The molecule has 2 heterocycles. The Balaban J connectivity index is 2.20. The first-order chi connectivity index (χ1) is 10.3. The maximum atomic E-state index is 12.0. The van der Waals surface area contributed by atoms with Crippen LogP contribution in [0.5, 0.6) is 0 Å². The van der Waals surface area contributed by atoms with E-state index in [0.717, 1.165) is 6.42 Å². The number of nitrogens with one attached hydrogen (secondary N) is 1. The summed E-state index contributed by atoms with van der Waals surface area (Å²) < 4.78 is 23.2. The summed E-state index contributed by atoms with van der Waals surface area (Å²) in [7, 11) is -1.15. The number of carbonyl (C=O) groups excluding carboxylic acids is 1. The molecule has 1 aromatic rings. The molecule has 1 aromatic heterocycles. The van der Waals surface area contributed by atoms with Crippen LogP contribution in [-0.4, -0.2) is 55.4 Å². The van der Waals surface area contributed by atoms with Crippen LogP contribution in [0.25, 0.3) is 0 Å². The summed E-state index contributed by atoms with van der Waals surface area (Å²) in [6.45, 7) is 4.29. The summed E-state index contributed by atoms with van der Waals surface area (Å²) >= 11 is 0. The molecule has 1 atom stereocenters. The number of nitrogens with zero attached hydrogens (tertiary/aromatic N) is 3. The average Bonchev–Trinajstić information content (AvgIpc) is 2.83. The van der Waals surface area contributed by atoms with Crippen molar-refractivity contribution in [2.45, 2.75) is 32.7 Å². The number of amides is 1. The first-order valence-electron chi connectivity index (χ1n) is 7.39. The van der Waals surface area contributed by atoms with Crippen LogP contribution in [0.3, 0.4) is 0 Å². The lowest BCUT2D eigenvalue weighted by Gasteiger charge is -2.24. The molecule has 1 fully saturated rings. The maximum absolute atomic E-state index is 12.0. The van der Waals surface area contributed by atoms with Gasteiger partial charge in [0.15, 0.2) is 9.84 Å². The molecule has 0 spiro atoms. The van der Waals surface area contributed by atoms with Crippen LogP contribution in [0, 0.1) is 6.92 Å². The molecule has 2 rings (SSSR count). The number of carbonyl (C=O) groups is 1. The zero-order valence-electron chi connectivity index (χ0n) is 13.2. The molecule has 1 aliphatic rings. The molecule has 1 amide bonds. The SMILES string of the molecule is CCCNC(=O)c1cc(N(C)C2CCS(=O)(=O)C2)nc(C)n1. The molecule has 0 aliphatic carbocycles. The number of rotatable bonds is 5. The van der Waals surface area contributed by atoms with E-state index in [1.54, 1.807) is 20.0 Å². The second kappa shape index (κ2) is 6.60. The Morgan fingerprint density at radius 1 is 1.45 bits per heavy atom. The van der Waals surface area contributed by atoms with Gasteiger partial charge in [0.25, 0.3) is 5.91 Å². The Morgan fingerprint density at radius 2 is 2.18 bits per heavy atom. The molecular weight excluding hydrogens is 304 g/mol. The lowest BCUT2D eigenvalue weighted by atomic mass is 10.2. The molecule has 8 heteroatoms. The minimum atomic E-state index is -2.96. The number of aryl methyl sites for hydroxylation is 1.